The second-order valence-electron chi connectivity index (χ2n) is 5.16. The highest BCUT2D eigenvalue weighted by molar-refractivity contribution is 7.14. The number of Topliss-reactive ketones (excluding diaryl/α,β-unsaturated/α-hetero) is 1. The summed E-state index contributed by atoms with van der Waals surface area (Å²) >= 11 is 2.57. The summed E-state index contributed by atoms with van der Waals surface area (Å²) in [6.45, 7) is 1.83. The number of carbonyl (C=O) groups is 2. The van der Waals surface area contributed by atoms with E-state index < -0.39 is 11.8 Å². The fourth-order valence-corrected chi connectivity index (χ4v) is 4.22. The molecular weight excluding hydrogens is 349 g/mol. The highest BCUT2D eigenvalue weighted by Crippen LogP contribution is 2.34. The Balaban J connectivity index is 1.95. The first-order chi connectivity index (χ1) is 11.5. The lowest BCUT2D eigenvalue weighted by Crippen LogP contribution is -2.07. The van der Waals surface area contributed by atoms with Crippen molar-refractivity contribution in [2.75, 3.05) is 0 Å². The molecule has 0 fully saturated rings. The molecule has 1 N–H and O–H groups in total. The molecule has 24 heavy (non-hydrogen) atoms. The summed E-state index contributed by atoms with van der Waals surface area (Å²) in [7, 11) is 0. The van der Waals surface area contributed by atoms with Crippen LogP contribution in [0.3, 0.4) is 0 Å². The molecule has 0 atom stereocenters. The van der Waals surface area contributed by atoms with Crippen molar-refractivity contribution in [2.45, 2.75) is 13.3 Å². The van der Waals surface area contributed by atoms with Crippen LogP contribution >= 0.6 is 22.7 Å². The normalized spacial score (nSPS) is 10.8. The first-order valence-corrected chi connectivity index (χ1v) is 8.76. The van der Waals surface area contributed by atoms with Crippen LogP contribution in [0.15, 0.2) is 35.0 Å². The molecule has 0 aliphatic rings. The molecule has 3 rings (SSSR count). The summed E-state index contributed by atoms with van der Waals surface area (Å²) in [6.07, 6.45) is -0.0832. The van der Waals surface area contributed by atoms with Crippen LogP contribution in [0.4, 0.5) is 4.39 Å². The summed E-state index contributed by atoms with van der Waals surface area (Å²) in [5, 5.41) is 13.7. The van der Waals surface area contributed by atoms with E-state index in [0.717, 1.165) is 11.8 Å². The van der Waals surface area contributed by atoms with E-state index in [1.54, 1.807) is 5.38 Å². The van der Waals surface area contributed by atoms with Crippen molar-refractivity contribution in [2.24, 2.45) is 0 Å². The Bertz CT molecular complexity index is 930. The standard InChI is InChI=1S/C17H12FNO3S2/c1-9-7-24-16(19-9)12-8-23-14(15(12)17(21)22)6-13(20)10-3-2-4-11(18)5-10/h2-5,7-8H,6H2,1H3,(H,21,22). The molecule has 0 amide bonds. The number of rotatable bonds is 5. The summed E-state index contributed by atoms with van der Waals surface area (Å²) in [5.74, 6) is -1.91. The summed E-state index contributed by atoms with van der Waals surface area (Å²) < 4.78 is 13.3. The van der Waals surface area contributed by atoms with E-state index in [9.17, 15) is 19.1 Å². The number of thiophene rings is 1. The topological polar surface area (TPSA) is 67.3 Å². The summed E-state index contributed by atoms with van der Waals surface area (Å²) in [4.78, 5) is 28.8. The van der Waals surface area contributed by atoms with Gasteiger partial charge < -0.3 is 5.11 Å². The molecule has 2 heterocycles. The monoisotopic (exact) mass is 361 g/mol. The number of carboxylic acids is 1. The minimum absolute atomic E-state index is 0.0832. The van der Waals surface area contributed by atoms with Crippen LogP contribution in [0.5, 0.6) is 0 Å². The van der Waals surface area contributed by atoms with Gasteiger partial charge in [0.05, 0.1) is 5.56 Å². The van der Waals surface area contributed by atoms with E-state index in [0.29, 0.717) is 15.4 Å². The highest BCUT2D eigenvalue weighted by atomic mass is 32.1. The summed E-state index contributed by atoms with van der Waals surface area (Å²) in [5.41, 5.74) is 1.66. The highest BCUT2D eigenvalue weighted by Gasteiger charge is 2.23. The Hall–Kier alpha value is -2.38. The van der Waals surface area contributed by atoms with Gasteiger partial charge in [-0.3, -0.25) is 4.79 Å². The number of ketones is 1. The molecule has 0 saturated carbocycles. The predicted octanol–water partition coefficient (Wildman–Crippen LogP) is 4.44. The maximum atomic E-state index is 13.3. The molecule has 4 nitrogen and oxygen atoms in total. The summed E-state index contributed by atoms with van der Waals surface area (Å²) in [6, 6.07) is 5.39. The van der Waals surface area contributed by atoms with Gasteiger partial charge in [-0.25, -0.2) is 14.2 Å². The van der Waals surface area contributed by atoms with Crippen LogP contribution in [0, 0.1) is 12.7 Å². The molecule has 122 valence electrons. The van der Waals surface area contributed by atoms with Crippen LogP contribution in [-0.4, -0.2) is 21.8 Å². The van der Waals surface area contributed by atoms with E-state index in [2.05, 4.69) is 4.98 Å². The van der Waals surface area contributed by atoms with Gasteiger partial charge in [0.1, 0.15) is 10.8 Å². The SMILES string of the molecule is Cc1csc(-c2csc(CC(=O)c3cccc(F)c3)c2C(=O)O)n1. The Morgan fingerprint density at radius 2 is 2.04 bits per heavy atom. The quantitative estimate of drug-likeness (QED) is 0.682. The van der Waals surface area contributed by atoms with Gasteiger partial charge in [-0.1, -0.05) is 12.1 Å². The molecular formula is C17H12FNO3S2. The van der Waals surface area contributed by atoms with Gasteiger partial charge in [0.2, 0.25) is 0 Å². The van der Waals surface area contributed by atoms with Crippen LogP contribution in [0.25, 0.3) is 10.6 Å². The number of aromatic nitrogens is 1. The molecule has 0 aliphatic carbocycles. The maximum absolute atomic E-state index is 13.3. The van der Waals surface area contributed by atoms with Gasteiger partial charge in [0, 0.05) is 38.9 Å². The Morgan fingerprint density at radius 3 is 2.67 bits per heavy atom. The molecule has 0 aliphatic heterocycles. The second-order valence-corrected chi connectivity index (χ2v) is 6.98. The number of thiazole rings is 1. The van der Waals surface area contributed by atoms with Gasteiger partial charge in [0.25, 0.3) is 0 Å². The number of carbonyl (C=O) groups excluding carboxylic acids is 1. The zero-order chi connectivity index (χ0) is 17.3. The number of benzene rings is 1. The van der Waals surface area contributed by atoms with E-state index >= 15 is 0 Å². The smallest absolute Gasteiger partial charge is 0.337 e. The van der Waals surface area contributed by atoms with Crippen molar-refractivity contribution in [3.05, 3.63) is 62.5 Å². The van der Waals surface area contributed by atoms with E-state index in [1.807, 2.05) is 12.3 Å². The van der Waals surface area contributed by atoms with Crippen molar-refractivity contribution in [3.63, 3.8) is 0 Å². The number of halogens is 1. The zero-order valence-corrected chi connectivity index (χ0v) is 14.2. The number of hydrogen-bond donors (Lipinski definition) is 1. The maximum Gasteiger partial charge on any atom is 0.337 e. The Labute approximate surface area is 145 Å². The number of hydrogen-bond acceptors (Lipinski definition) is 5. The molecule has 7 heteroatoms. The lowest BCUT2D eigenvalue weighted by atomic mass is 10.0. The Kier molecular flexibility index (Phi) is 4.55. The largest absolute Gasteiger partial charge is 0.478 e. The van der Waals surface area contributed by atoms with Gasteiger partial charge in [-0.15, -0.1) is 22.7 Å². The molecule has 0 radical (unpaired) electrons. The number of aromatic carboxylic acids is 1. The lowest BCUT2D eigenvalue weighted by Gasteiger charge is -2.03. The molecule has 1 aromatic carbocycles. The van der Waals surface area contributed by atoms with Crippen molar-refractivity contribution < 1.29 is 19.1 Å². The molecule has 2 aromatic heterocycles. The fraction of sp³-hybridized carbons (Fsp3) is 0.118. The predicted molar refractivity (Wildman–Crippen MR) is 91.6 cm³/mol. The van der Waals surface area contributed by atoms with Gasteiger partial charge >= 0.3 is 5.97 Å². The third kappa shape index (κ3) is 3.27. The average Bonchev–Trinajstić information content (AvgIpc) is 3.13. The molecule has 0 bridgehead atoms. The van der Waals surface area contributed by atoms with Crippen molar-refractivity contribution in [3.8, 4) is 10.6 Å². The Morgan fingerprint density at radius 1 is 1.25 bits per heavy atom. The molecule has 0 spiro atoms. The van der Waals surface area contributed by atoms with E-state index in [1.165, 1.54) is 40.9 Å². The van der Waals surface area contributed by atoms with Crippen LogP contribution in [0.2, 0.25) is 0 Å². The minimum atomic E-state index is -1.10. The molecule has 0 saturated heterocycles. The van der Waals surface area contributed by atoms with Crippen LogP contribution < -0.4 is 0 Å². The lowest BCUT2D eigenvalue weighted by molar-refractivity contribution is 0.0697. The first-order valence-electron chi connectivity index (χ1n) is 7.00. The van der Waals surface area contributed by atoms with Gasteiger partial charge in [-0.2, -0.15) is 0 Å². The van der Waals surface area contributed by atoms with Crippen LogP contribution in [-0.2, 0) is 6.42 Å². The number of carboxylic acid groups (broad SMARTS) is 1. The van der Waals surface area contributed by atoms with E-state index in [-0.39, 0.29) is 23.3 Å². The second kappa shape index (κ2) is 6.62. The van der Waals surface area contributed by atoms with Crippen molar-refractivity contribution in [1.82, 2.24) is 4.98 Å². The number of aryl methyl sites for hydroxylation is 1. The fourth-order valence-electron chi connectivity index (χ4n) is 2.31. The van der Waals surface area contributed by atoms with Crippen molar-refractivity contribution in [1.29, 1.82) is 0 Å². The van der Waals surface area contributed by atoms with Gasteiger partial charge in [-0.05, 0) is 19.1 Å². The minimum Gasteiger partial charge on any atom is -0.478 e. The van der Waals surface area contributed by atoms with E-state index in [4.69, 9.17) is 0 Å². The van der Waals surface area contributed by atoms with Gasteiger partial charge in [0.15, 0.2) is 5.78 Å². The van der Waals surface area contributed by atoms with Crippen molar-refractivity contribution >= 4 is 34.4 Å². The number of nitrogens with zero attached hydrogens (tertiary/aromatic N) is 1. The average molecular weight is 361 g/mol. The first kappa shape index (κ1) is 16.5. The molecule has 3 aromatic rings. The van der Waals surface area contributed by atoms with Crippen LogP contribution in [0.1, 0.15) is 31.3 Å². The third-order valence-corrected chi connectivity index (χ3v) is 5.38. The molecule has 0 unspecified atom stereocenters. The zero-order valence-electron chi connectivity index (χ0n) is 12.6. The third-order valence-electron chi connectivity index (χ3n) is 3.40.